The number of hydrogen-bond acceptors (Lipinski definition) is 4. The van der Waals surface area contributed by atoms with Crippen molar-refractivity contribution in [2.75, 3.05) is 38.6 Å². The summed E-state index contributed by atoms with van der Waals surface area (Å²) < 4.78 is 5.36. The molecule has 3 rings (SSSR count). The zero-order valence-corrected chi connectivity index (χ0v) is 15.1. The number of benzene rings is 2. The van der Waals surface area contributed by atoms with Crippen LogP contribution in [0.2, 0.25) is 0 Å². The highest BCUT2D eigenvalue weighted by atomic mass is 32.1. The summed E-state index contributed by atoms with van der Waals surface area (Å²) >= 11 is 5.56. The van der Waals surface area contributed by atoms with Crippen LogP contribution in [0.15, 0.2) is 48.5 Å². The lowest BCUT2D eigenvalue weighted by atomic mass is 10.2. The molecule has 1 saturated heterocycles. The second kappa shape index (κ2) is 8.18. The van der Waals surface area contributed by atoms with E-state index in [1.165, 1.54) is 0 Å². The zero-order chi connectivity index (χ0) is 17.6. The van der Waals surface area contributed by atoms with Gasteiger partial charge in [-0.3, -0.25) is 4.90 Å². The summed E-state index contributed by atoms with van der Waals surface area (Å²) in [4.78, 5) is 4.55. The number of anilines is 1. The van der Waals surface area contributed by atoms with Crippen molar-refractivity contribution in [2.24, 2.45) is 0 Å². The molecule has 0 bridgehead atoms. The molecule has 0 atom stereocenters. The Balaban J connectivity index is 1.52. The van der Waals surface area contributed by atoms with E-state index in [-0.39, 0.29) is 0 Å². The molecule has 132 valence electrons. The highest BCUT2D eigenvalue weighted by molar-refractivity contribution is 7.80. The minimum atomic E-state index is 0.318. The number of phenolic OH excluding ortho intramolecular Hbond substituents is 1. The molecule has 0 amide bonds. The fourth-order valence-electron chi connectivity index (χ4n) is 2.96. The number of nitrogens with one attached hydrogen (secondary N) is 1. The highest BCUT2D eigenvalue weighted by Crippen LogP contribution is 2.23. The van der Waals surface area contributed by atoms with E-state index >= 15 is 0 Å². The molecule has 2 aromatic rings. The minimum Gasteiger partial charge on any atom is -0.508 e. The number of para-hydroxylation sites is 2. The third-order valence-electron chi connectivity index (χ3n) is 4.32. The molecular weight excluding hydrogens is 334 g/mol. The smallest absolute Gasteiger partial charge is 0.173 e. The van der Waals surface area contributed by atoms with Crippen molar-refractivity contribution in [3.8, 4) is 11.5 Å². The quantitative estimate of drug-likeness (QED) is 0.821. The summed E-state index contributed by atoms with van der Waals surface area (Å²) in [6.45, 7) is 4.46. The number of ether oxygens (including phenoxy) is 1. The van der Waals surface area contributed by atoms with Gasteiger partial charge in [0.25, 0.3) is 0 Å². The Morgan fingerprint density at radius 3 is 2.60 bits per heavy atom. The van der Waals surface area contributed by atoms with Gasteiger partial charge in [0.15, 0.2) is 5.11 Å². The maximum atomic E-state index is 9.58. The second-order valence-corrected chi connectivity index (χ2v) is 6.45. The molecule has 6 heteroatoms. The van der Waals surface area contributed by atoms with Gasteiger partial charge in [0.1, 0.15) is 11.5 Å². The van der Waals surface area contributed by atoms with Gasteiger partial charge >= 0.3 is 0 Å². The van der Waals surface area contributed by atoms with E-state index in [2.05, 4.69) is 15.1 Å². The van der Waals surface area contributed by atoms with Crippen molar-refractivity contribution in [3.63, 3.8) is 0 Å². The topological polar surface area (TPSA) is 48.0 Å². The average molecular weight is 357 g/mol. The Morgan fingerprint density at radius 2 is 1.88 bits per heavy atom. The van der Waals surface area contributed by atoms with Crippen LogP contribution in [0, 0.1) is 0 Å². The molecule has 1 aliphatic heterocycles. The largest absolute Gasteiger partial charge is 0.508 e. The van der Waals surface area contributed by atoms with Gasteiger partial charge in [-0.1, -0.05) is 24.3 Å². The Bertz CT molecular complexity index is 730. The summed E-state index contributed by atoms with van der Waals surface area (Å²) in [5.74, 6) is 1.10. The molecule has 2 aromatic carbocycles. The van der Waals surface area contributed by atoms with Crippen molar-refractivity contribution < 1.29 is 9.84 Å². The van der Waals surface area contributed by atoms with Gasteiger partial charge in [-0.05, 0) is 42.0 Å². The van der Waals surface area contributed by atoms with Crippen LogP contribution in [-0.4, -0.2) is 53.3 Å². The van der Waals surface area contributed by atoms with Gasteiger partial charge in [-0.15, -0.1) is 0 Å². The normalized spacial score (nSPS) is 15.0. The van der Waals surface area contributed by atoms with Crippen molar-refractivity contribution >= 4 is 23.0 Å². The van der Waals surface area contributed by atoms with Crippen LogP contribution in [0.5, 0.6) is 11.5 Å². The molecular formula is C19H23N3O2S. The second-order valence-electron chi connectivity index (χ2n) is 6.06. The molecule has 5 nitrogen and oxygen atoms in total. The van der Waals surface area contributed by atoms with Gasteiger partial charge in [-0.2, -0.15) is 0 Å². The first-order chi connectivity index (χ1) is 12.2. The van der Waals surface area contributed by atoms with E-state index in [4.69, 9.17) is 17.0 Å². The molecule has 1 fully saturated rings. The molecule has 1 aliphatic rings. The summed E-state index contributed by atoms with van der Waals surface area (Å²) in [6.07, 6.45) is 0. The first-order valence-electron chi connectivity index (χ1n) is 8.35. The monoisotopic (exact) mass is 357 g/mol. The predicted octanol–water partition coefficient (Wildman–Crippen LogP) is 2.92. The van der Waals surface area contributed by atoms with Crippen LogP contribution < -0.4 is 10.1 Å². The predicted molar refractivity (Wildman–Crippen MR) is 104 cm³/mol. The van der Waals surface area contributed by atoms with Crippen LogP contribution in [-0.2, 0) is 6.54 Å². The number of thiocarbonyl (C=S) groups is 1. The Kier molecular flexibility index (Phi) is 5.73. The number of aromatic hydroxyl groups is 1. The lowest BCUT2D eigenvalue weighted by Gasteiger charge is -2.36. The van der Waals surface area contributed by atoms with E-state index in [0.717, 1.165) is 54.8 Å². The van der Waals surface area contributed by atoms with E-state index in [0.29, 0.717) is 5.75 Å². The molecule has 0 saturated carbocycles. The Morgan fingerprint density at radius 1 is 1.12 bits per heavy atom. The van der Waals surface area contributed by atoms with Gasteiger partial charge < -0.3 is 20.1 Å². The fraction of sp³-hybridized carbons (Fsp3) is 0.316. The number of phenols is 1. The lowest BCUT2D eigenvalue weighted by molar-refractivity contribution is 0.177. The molecule has 0 radical (unpaired) electrons. The van der Waals surface area contributed by atoms with Crippen molar-refractivity contribution in [1.82, 2.24) is 9.80 Å². The van der Waals surface area contributed by atoms with Crippen molar-refractivity contribution in [3.05, 3.63) is 54.1 Å². The molecule has 0 unspecified atom stereocenters. The van der Waals surface area contributed by atoms with Crippen LogP contribution >= 0.6 is 12.2 Å². The number of piperazine rings is 1. The Labute approximate surface area is 153 Å². The van der Waals surface area contributed by atoms with E-state index in [1.54, 1.807) is 13.2 Å². The lowest BCUT2D eigenvalue weighted by Crippen LogP contribution is -2.49. The molecule has 25 heavy (non-hydrogen) atoms. The minimum absolute atomic E-state index is 0.318. The number of rotatable bonds is 4. The van der Waals surface area contributed by atoms with Gasteiger partial charge in [-0.25, -0.2) is 0 Å². The summed E-state index contributed by atoms with van der Waals surface area (Å²) in [6, 6.07) is 15.2. The fourth-order valence-corrected chi connectivity index (χ4v) is 3.26. The molecule has 0 spiro atoms. The summed E-state index contributed by atoms with van der Waals surface area (Å²) in [5, 5.41) is 13.6. The van der Waals surface area contributed by atoms with Crippen molar-refractivity contribution in [1.29, 1.82) is 0 Å². The third kappa shape index (κ3) is 4.61. The summed E-state index contributed by atoms with van der Waals surface area (Å²) in [5.41, 5.74) is 2.01. The maximum Gasteiger partial charge on any atom is 0.173 e. The number of nitrogens with zero attached hydrogens (tertiary/aromatic N) is 2. The van der Waals surface area contributed by atoms with Crippen LogP contribution in [0.3, 0.4) is 0 Å². The third-order valence-corrected chi connectivity index (χ3v) is 4.69. The average Bonchev–Trinajstić information content (AvgIpc) is 2.63. The Hall–Kier alpha value is -2.31. The van der Waals surface area contributed by atoms with Crippen molar-refractivity contribution in [2.45, 2.75) is 6.54 Å². The standard InChI is InChI=1S/C19H23N3O2S/c1-24-18-8-3-2-7-17(18)20-19(25)22-11-9-21(10-12-22)14-15-5-4-6-16(23)13-15/h2-8,13,23H,9-12,14H2,1H3,(H,20,25). The van der Waals surface area contributed by atoms with E-state index < -0.39 is 0 Å². The van der Waals surface area contributed by atoms with Crippen LogP contribution in [0.25, 0.3) is 0 Å². The maximum absolute atomic E-state index is 9.58. The molecule has 0 aliphatic carbocycles. The highest BCUT2D eigenvalue weighted by Gasteiger charge is 2.19. The summed E-state index contributed by atoms with van der Waals surface area (Å²) in [7, 11) is 1.66. The van der Waals surface area contributed by atoms with Gasteiger partial charge in [0.05, 0.1) is 12.8 Å². The first-order valence-corrected chi connectivity index (χ1v) is 8.76. The number of hydrogen-bond donors (Lipinski definition) is 2. The van der Waals surface area contributed by atoms with Gasteiger partial charge in [0, 0.05) is 32.7 Å². The van der Waals surface area contributed by atoms with E-state index in [1.807, 2.05) is 42.5 Å². The molecule has 2 N–H and O–H groups in total. The molecule has 0 aromatic heterocycles. The number of methoxy groups -OCH3 is 1. The van der Waals surface area contributed by atoms with Crippen LogP contribution in [0.1, 0.15) is 5.56 Å². The van der Waals surface area contributed by atoms with Crippen LogP contribution in [0.4, 0.5) is 5.69 Å². The zero-order valence-electron chi connectivity index (χ0n) is 14.3. The molecule has 1 heterocycles. The van der Waals surface area contributed by atoms with E-state index in [9.17, 15) is 5.11 Å². The van der Waals surface area contributed by atoms with Gasteiger partial charge in [0.2, 0.25) is 0 Å². The SMILES string of the molecule is COc1ccccc1NC(=S)N1CCN(Cc2cccc(O)c2)CC1. The first kappa shape index (κ1) is 17.5.